The highest BCUT2D eigenvalue weighted by Crippen LogP contribution is 2.19. The number of carbonyl (C=O) groups is 1. The molecule has 3 rings (SSSR count). The van der Waals surface area contributed by atoms with Crippen LogP contribution >= 0.6 is 0 Å². The third kappa shape index (κ3) is 4.50. The van der Waals surface area contributed by atoms with Crippen molar-refractivity contribution >= 4 is 23.2 Å². The number of benzene rings is 1. The van der Waals surface area contributed by atoms with Gasteiger partial charge in [-0.15, -0.1) is 0 Å². The highest BCUT2D eigenvalue weighted by atomic mass is 16.1. The minimum atomic E-state index is -0.204. The van der Waals surface area contributed by atoms with Crippen LogP contribution in [0, 0.1) is 6.92 Å². The summed E-state index contributed by atoms with van der Waals surface area (Å²) in [4.78, 5) is 26.0. The first-order chi connectivity index (χ1) is 12.5. The van der Waals surface area contributed by atoms with Crippen LogP contribution in [0.5, 0.6) is 0 Å². The number of aromatic nitrogens is 2. The third-order valence-corrected chi connectivity index (χ3v) is 4.61. The highest BCUT2D eigenvalue weighted by molar-refractivity contribution is 6.03. The molecular formula is C20H27N5O. The maximum Gasteiger partial charge on any atom is 0.274 e. The Balaban J connectivity index is 1.76. The van der Waals surface area contributed by atoms with Crippen LogP contribution in [0.25, 0.3) is 0 Å². The van der Waals surface area contributed by atoms with Crippen LogP contribution in [-0.4, -0.2) is 43.1 Å². The zero-order chi connectivity index (χ0) is 18.5. The normalized spacial score (nSPS) is 14.7. The Morgan fingerprint density at radius 3 is 2.31 bits per heavy atom. The summed E-state index contributed by atoms with van der Waals surface area (Å²) < 4.78 is 0. The number of anilines is 3. The molecule has 0 bridgehead atoms. The van der Waals surface area contributed by atoms with E-state index < -0.39 is 0 Å². The number of hydrogen-bond acceptors (Lipinski definition) is 5. The molecule has 1 aliphatic rings. The molecule has 138 valence electrons. The quantitative estimate of drug-likeness (QED) is 0.912. The zero-order valence-electron chi connectivity index (χ0n) is 15.8. The molecule has 2 heterocycles. The summed E-state index contributed by atoms with van der Waals surface area (Å²) >= 11 is 0. The van der Waals surface area contributed by atoms with Gasteiger partial charge in [-0.2, -0.15) is 0 Å². The molecule has 0 unspecified atom stereocenters. The van der Waals surface area contributed by atoms with E-state index in [2.05, 4.69) is 20.2 Å². The van der Waals surface area contributed by atoms with E-state index in [1.165, 1.54) is 12.8 Å². The predicted octanol–water partition coefficient (Wildman–Crippen LogP) is 3.48. The average Bonchev–Trinajstić information content (AvgIpc) is 2.91. The topological polar surface area (TPSA) is 61.4 Å². The van der Waals surface area contributed by atoms with Gasteiger partial charge in [0, 0.05) is 44.3 Å². The monoisotopic (exact) mass is 353 g/mol. The van der Waals surface area contributed by atoms with Gasteiger partial charge in [0.05, 0.1) is 0 Å². The third-order valence-electron chi connectivity index (χ3n) is 4.61. The van der Waals surface area contributed by atoms with Crippen LogP contribution in [0.15, 0.2) is 30.3 Å². The van der Waals surface area contributed by atoms with Crippen molar-refractivity contribution < 1.29 is 4.79 Å². The van der Waals surface area contributed by atoms with Gasteiger partial charge in [-0.05, 0) is 50.1 Å². The van der Waals surface area contributed by atoms with Crippen molar-refractivity contribution in [3.63, 3.8) is 0 Å². The Hall–Kier alpha value is -2.63. The van der Waals surface area contributed by atoms with Gasteiger partial charge >= 0.3 is 0 Å². The molecule has 1 saturated heterocycles. The molecule has 1 aromatic heterocycles. The Morgan fingerprint density at radius 2 is 1.69 bits per heavy atom. The van der Waals surface area contributed by atoms with Gasteiger partial charge in [0.15, 0.2) is 0 Å². The molecule has 6 nitrogen and oxygen atoms in total. The number of amides is 1. The van der Waals surface area contributed by atoms with Crippen molar-refractivity contribution in [2.75, 3.05) is 42.3 Å². The van der Waals surface area contributed by atoms with Gasteiger partial charge in [-0.1, -0.05) is 12.8 Å². The number of nitrogens with zero attached hydrogens (tertiary/aromatic N) is 4. The van der Waals surface area contributed by atoms with Crippen LogP contribution in [0.4, 0.5) is 17.3 Å². The van der Waals surface area contributed by atoms with E-state index in [9.17, 15) is 4.79 Å². The van der Waals surface area contributed by atoms with Crippen LogP contribution in [0.3, 0.4) is 0 Å². The Morgan fingerprint density at radius 1 is 1.04 bits per heavy atom. The summed E-state index contributed by atoms with van der Waals surface area (Å²) in [7, 11) is 3.98. The first-order valence-electron chi connectivity index (χ1n) is 9.22. The Kier molecular flexibility index (Phi) is 5.71. The van der Waals surface area contributed by atoms with Crippen molar-refractivity contribution in [3.05, 3.63) is 41.7 Å². The lowest BCUT2D eigenvalue weighted by atomic mass is 10.2. The summed E-state index contributed by atoms with van der Waals surface area (Å²) in [6, 6.07) is 9.49. The summed E-state index contributed by atoms with van der Waals surface area (Å²) in [5, 5.41) is 2.93. The van der Waals surface area contributed by atoms with Gasteiger partial charge < -0.3 is 15.1 Å². The van der Waals surface area contributed by atoms with E-state index in [4.69, 9.17) is 0 Å². The summed E-state index contributed by atoms with van der Waals surface area (Å²) in [6.45, 7) is 3.82. The molecule has 26 heavy (non-hydrogen) atoms. The molecule has 1 N–H and O–H groups in total. The number of aryl methyl sites for hydroxylation is 1. The molecule has 0 saturated carbocycles. The molecule has 1 aromatic carbocycles. The summed E-state index contributed by atoms with van der Waals surface area (Å²) in [5.41, 5.74) is 3.07. The molecule has 0 spiro atoms. The highest BCUT2D eigenvalue weighted by Gasteiger charge is 2.16. The molecule has 0 radical (unpaired) electrons. The van der Waals surface area contributed by atoms with Gasteiger partial charge in [0.2, 0.25) is 5.95 Å². The van der Waals surface area contributed by atoms with E-state index in [1.54, 1.807) is 6.07 Å². The molecule has 0 atom stereocenters. The predicted molar refractivity (Wildman–Crippen MR) is 106 cm³/mol. The van der Waals surface area contributed by atoms with Gasteiger partial charge in [-0.25, -0.2) is 9.97 Å². The minimum Gasteiger partial charge on any atom is -0.378 e. The van der Waals surface area contributed by atoms with Crippen LogP contribution in [0.2, 0.25) is 0 Å². The Labute approximate surface area is 155 Å². The smallest absolute Gasteiger partial charge is 0.274 e. The van der Waals surface area contributed by atoms with Crippen molar-refractivity contribution in [3.8, 4) is 0 Å². The van der Waals surface area contributed by atoms with Gasteiger partial charge in [0.25, 0.3) is 5.91 Å². The lowest BCUT2D eigenvalue weighted by Gasteiger charge is -2.21. The standard InChI is InChI=1S/C20H27N5O/c1-15-14-18(23-20(21-15)25-12-6-4-5-7-13-25)19(26)22-16-8-10-17(11-9-16)24(2)3/h8-11,14H,4-7,12-13H2,1-3H3,(H,22,26). The first kappa shape index (κ1) is 18.2. The van der Waals surface area contributed by atoms with Crippen LogP contribution in [0.1, 0.15) is 41.9 Å². The molecule has 1 fully saturated rings. The van der Waals surface area contributed by atoms with Gasteiger partial charge in [0.1, 0.15) is 5.69 Å². The second-order valence-electron chi connectivity index (χ2n) is 6.99. The van der Waals surface area contributed by atoms with E-state index in [0.29, 0.717) is 11.6 Å². The van der Waals surface area contributed by atoms with E-state index in [1.807, 2.05) is 50.2 Å². The molecule has 0 aliphatic carbocycles. The number of nitrogens with one attached hydrogen (secondary N) is 1. The van der Waals surface area contributed by atoms with Crippen molar-refractivity contribution in [2.24, 2.45) is 0 Å². The van der Waals surface area contributed by atoms with Crippen molar-refractivity contribution in [1.29, 1.82) is 0 Å². The molecule has 1 amide bonds. The van der Waals surface area contributed by atoms with Crippen LogP contribution < -0.4 is 15.1 Å². The molecule has 1 aliphatic heterocycles. The van der Waals surface area contributed by atoms with Crippen molar-refractivity contribution in [2.45, 2.75) is 32.6 Å². The van der Waals surface area contributed by atoms with Crippen molar-refractivity contribution in [1.82, 2.24) is 9.97 Å². The summed E-state index contributed by atoms with van der Waals surface area (Å²) in [5.74, 6) is 0.462. The van der Waals surface area contributed by atoms with Crippen LogP contribution in [-0.2, 0) is 0 Å². The zero-order valence-corrected chi connectivity index (χ0v) is 15.8. The maximum absolute atomic E-state index is 12.7. The second-order valence-corrected chi connectivity index (χ2v) is 6.99. The lowest BCUT2D eigenvalue weighted by Crippen LogP contribution is -2.27. The SMILES string of the molecule is Cc1cc(C(=O)Nc2ccc(N(C)C)cc2)nc(N2CCCCCC2)n1. The van der Waals surface area contributed by atoms with E-state index in [-0.39, 0.29) is 5.91 Å². The number of rotatable bonds is 4. The minimum absolute atomic E-state index is 0.204. The molecule has 2 aromatic rings. The number of carbonyl (C=O) groups excluding carboxylic acids is 1. The Bertz CT molecular complexity index is 749. The van der Waals surface area contributed by atoms with E-state index >= 15 is 0 Å². The second kappa shape index (κ2) is 8.17. The lowest BCUT2D eigenvalue weighted by molar-refractivity contribution is 0.102. The fourth-order valence-electron chi connectivity index (χ4n) is 3.12. The largest absolute Gasteiger partial charge is 0.378 e. The molecular weight excluding hydrogens is 326 g/mol. The fraction of sp³-hybridized carbons (Fsp3) is 0.450. The maximum atomic E-state index is 12.7. The molecule has 6 heteroatoms. The van der Waals surface area contributed by atoms with E-state index in [0.717, 1.165) is 43.0 Å². The average molecular weight is 353 g/mol. The first-order valence-corrected chi connectivity index (χ1v) is 9.22. The van der Waals surface area contributed by atoms with Gasteiger partial charge in [-0.3, -0.25) is 4.79 Å². The number of hydrogen-bond donors (Lipinski definition) is 1. The summed E-state index contributed by atoms with van der Waals surface area (Å²) in [6.07, 6.45) is 4.80. The fourth-order valence-corrected chi connectivity index (χ4v) is 3.12.